The van der Waals surface area contributed by atoms with Gasteiger partial charge in [0.15, 0.2) is 0 Å². The summed E-state index contributed by atoms with van der Waals surface area (Å²) >= 11 is 15.5. The van der Waals surface area contributed by atoms with E-state index >= 15 is 0 Å². The number of benzene rings is 2. The van der Waals surface area contributed by atoms with Crippen molar-refractivity contribution in [3.05, 3.63) is 56.5 Å². The van der Waals surface area contributed by atoms with Crippen molar-refractivity contribution in [3.8, 4) is 11.5 Å². The molecule has 3 nitrogen and oxygen atoms in total. The Hall–Kier alpha value is -1.23. The van der Waals surface area contributed by atoms with E-state index in [-0.39, 0.29) is 12.4 Å². The molecular weight excluding hydrogens is 391 g/mol. The van der Waals surface area contributed by atoms with Gasteiger partial charge in [-0.25, -0.2) is 0 Å². The summed E-state index contributed by atoms with van der Waals surface area (Å²) in [6.07, 6.45) is 0.175. The third-order valence-electron chi connectivity index (χ3n) is 2.76. The van der Waals surface area contributed by atoms with E-state index in [1.165, 1.54) is 0 Å². The monoisotopic (exact) mass is 402 g/mol. The number of hydrogen-bond donors (Lipinski definition) is 0. The van der Waals surface area contributed by atoms with E-state index in [1.54, 1.807) is 43.3 Å². The van der Waals surface area contributed by atoms with Gasteiger partial charge in [-0.05, 0) is 52.7 Å². The van der Waals surface area contributed by atoms with E-state index in [0.29, 0.717) is 28.2 Å². The SMILES string of the molecule is CCOC(=O)Cc1ccc(Oc2cc(Cl)ccc2Br)c(Cl)c1. The first-order valence-electron chi connectivity index (χ1n) is 6.56. The highest BCUT2D eigenvalue weighted by atomic mass is 79.9. The summed E-state index contributed by atoms with van der Waals surface area (Å²) in [4.78, 5) is 11.5. The fourth-order valence-corrected chi connectivity index (χ4v) is 2.52. The molecule has 0 fully saturated rings. The molecule has 0 saturated heterocycles. The summed E-state index contributed by atoms with van der Waals surface area (Å²) in [7, 11) is 0. The van der Waals surface area contributed by atoms with Gasteiger partial charge in [-0.2, -0.15) is 0 Å². The molecule has 0 spiro atoms. The predicted octanol–water partition coefficient (Wildman–Crippen LogP) is 5.65. The summed E-state index contributed by atoms with van der Waals surface area (Å²) in [6.45, 7) is 2.13. The highest BCUT2D eigenvalue weighted by Crippen LogP contribution is 2.35. The molecule has 0 N–H and O–H groups in total. The number of halogens is 3. The topological polar surface area (TPSA) is 35.5 Å². The maximum atomic E-state index is 11.5. The molecule has 2 aromatic rings. The van der Waals surface area contributed by atoms with Crippen LogP contribution in [0, 0.1) is 0 Å². The minimum absolute atomic E-state index is 0.175. The zero-order valence-corrected chi connectivity index (χ0v) is 14.8. The van der Waals surface area contributed by atoms with Crippen LogP contribution in [0.3, 0.4) is 0 Å². The lowest BCUT2D eigenvalue weighted by Gasteiger charge is -2.11. The van der Waals surface area contributed by atoms with Crippen molar-refractivity contribution in [2.75, 3.05) is 6.61 Å². The maximum Gasteiger partial charge on any atom is 0.310 e. The van der Waals surface area contributed by atoms with Crippen LogP contribution in [0.25, 0.3) is 0 Å². The van der Waals surface area contributed by atoms with Crippen LogP contribution in [0.1, 0.15) is 12.5 Å². The molecule has 0 aliphatic heterocycles. The van der Waals surface area contributed by atoms with Crippen LogP contribution in [0.15, 0.2) is 40.9 Å². The van der Waals surface area contributed by atoms with Crippen LogP contribution in [0.4, 0.5) is 0 Å². The summed E-state index contributed by atoms with van der Waals surface area (Å²) < 4.78 is 11.4. The molecule has 2 aromatic carbocycles. The van der Waals surface area contributed by atoms with Gasteiger partial charge in [-0.1, -0.05) is 29.3 Å². The molecule has 0 heterocycles. The molecule has 22 heavy (non-hydrogen) atoms. The number of ether oxygens (including phenoxy) is 2. The summed E-state index contributed by atoms with van der Waals surface area (Å²) in [6, 6.07) is 10.4. The molecule has 0 radical (unpaired) electrons. The van der Waals surface area contributed by atoms with Crippen LogP contribution in [0.2, 0.25) is 10.0 Å². The first-order chi connectivity index (χ1) is 10.5. The maximum absolute atomic E-state index is 11.5. The molecule has 0 unspecified atom stereocenters. The Kier molecular flexibility index (Phi) is 6.12. The Labute approximate surface area is 147 Å². The Morgan fingerprint density at radius 1 is 1.14 bits per heavy atom. The summed E-state index contributed by atoms with van der Waals surface area (Å²) in [5.74, 6) is 0.759. The van der Waals surface area contributed by atoms with Gasteiger partial charge in [-0.3, -0.25) is 4.79 Å². The largest absolute Gasteiger partial charge is 0.466 e. The van der Waals surface area contributed by atoms with Crippen molar-refractivity contribution < 1.29 is 14.3 Å². The van der Waals surface area contributed by atoms with Gasteiger partial charge in [0.1, 0.15) is 11.5 Å². The molecular formula is C16H13BrCl2O3. The lowest BCUT2D eigenvalue weighted by atomic mass is 10.1. The fourth-order valence-electron chi connectivity index (χ4n) is 1.79. The minimum Gasteiger partial charge on any atom is -0.466 e. The van der Waals surface area contributed by atoms with Crippen molar-refractivity contribution >= 4 is 45.1 Å². The van der Waals surface area contributed by atoms with E-state index in [2.05, 4.69) is 15.9 Å². The first-order valence-corrected chi connectivity index (χ1v) is 8.11. The van der Waals surface area contributed by atoms with E-state index in [0.717, 1.165) is 10.0 Å². The molecule has 0 amide bonds. The first kappa shape index (κ1) is 17.1. The van der Waals surface area contributed by atoms with Gasteiger partial charge in [-0.15, -0.1) is 0 Å². The normalized spacial score (nSPS) is 10.4. The molecule has 0 aliphatic rings. The summed E-state index contributed by atoms with van der Waals surface area (Å²) in [5.41, 5.74) is 0.765. The number of carbonyl (C=O) groups is 1. The fraction of sp³-hybridized carbons (Fsp3) is 0.188. The number of carbonyl (C=O) groups excluding carboxylic acids is 1. The highest BCUT2D eigenvalue weighted by molar-refractivity contribution is 9.10. The van der Waals surface area contributed by atoms with Crippen molar-refractivity contribution in [1.82, 2.24) is 0 Å². The molecule has 0 bridgehead atoms. The van der Waals surface area contributed by atoms with Crippen molar-refractivity contribution in [3.63, 3.8) is 0 Å². The van der Waals surface area contributed by atoms with Crippen LogP contribution in [0.5, 0.6) is 11.5 Å². The minimum atomic E-state index is -0.287. The third-order valence-corrected chi connectivity index (χ3v) is 3.95. The van der Waals surface area contributed by atoms with Gasteiger partial charge in [0.2, 0.25) is 0 Å². The Balaban J connectivity index is 2.16. The second-order valence-electron chi connectivity index (χ2n) is 4.42. The lowest BCUT2D eigenvalue weighted by molar-refractivity contribution is -0.142. The van der Waals surface area contributed by atoms with Gasteiger partial charge in [0.05, 0.1) is 22.5 Å². The Morgan fingerprint density at radius 2 is 1.91 bits per heavy atom. The second kappa shape index (κ2) is 7.86. The van der Waals surface area contributed by atoms with E-state index < -0.39 is 0 Å². The zero-order valence-electron chi connectivity index (χ0n) is 11.7. The van der Waals surface area contributed by atoms with Gasteiger partial charge in [0.25, 0.3) is 0 Å². The van der Waals surface area contributed by atoms with Gasteiger partial charge in [0, 0.05) is 11.1 Å². The number of esters is 1. The van der Waals surface area contributed by atoms with E-state index in [1.807, 2.05) is 0 Å². The molecule has 116 valence electrons. The lowest BCUT2D eigenvalue weighted by Crippen LogP contribution is -2.07. The number of rotatable bonds is 5. The number of hydrogen-bond acceptors (Lipinski definition) is 3. The van der Waals surface area contributed by atoms with E-state index in [4.69, 9.17) is 32.7 Å². The molecule has 0 saturated carbocycles. The molecule has 0 aliphatic carbocycles. The Morgan fingerprint density at radius 3 is 2.59 bits per heavy atom. The summed E-state index contributed by atoms with van der Waals surface area (Å²) in [5, 5.41) is 0.974. The van der Waals surface area contributed by atoms with E-state index in [9.17, 15) is 4.79 Å². The standard InChI is InChI=1S/C16H13BrCl2O3/c1-2-21-16(20)8-10-3-6-14(13(19)7-10)22-15-9-11(18)4-5-12(15)17/h3-7,9H,2,8H2,1H3. The van der Waals surface area contributed by atoms with Gasteiger partial charge >= 0.3 is 5.97 Å². The second-order valence-corrected chi connectivity index (χ2v) is 6.12. The highest BCUT2D eigenvalue weighted by Gasteiger charge is 2.10. The Bertz CT molecular complexity index is 689. The van der Waals surface area contributed by atoms with Crippen molar-refractivity contribution in [2.45, 2.75) is 13.3 Å². The van der Waals surface area contributed by atoms with Crippen molar-refractivity contribution in [1.29, 1.82) is 0 Å². The average Bonchev–Trinajstić information content (AvgIpc) is 2.46. The molecule has 0 atom stereocenters. The zero-order chi connectivity index (χ0) is 16.1. The average molecular weight is 404 g/mol. The van der Waals surface area contributed by atoms with Crippen LogP contribution < -0.4 is 4.74 Å². The van der Waals surface area contributed by atoms with Crippen LogP contribution in [-0.2, 0) is 16.0 Å². The molecule has 2 rings (SSSR count). The predicted molar refractivity (Wildman–Crippen MR) is 91.0 cm³/mol. The van der Waals surface area contributed by atoms with Crippen LogP contribution >= 0.6 is 39.1 Å². The molecule has 0 aromatic heterocycles. The smallest absolute Gasteiger partial charge is 0.310 e. The van der Waals surface area contributed by atoms with Crippen LogP contribution in [-0.4, -0.2) is 12.6 Å². The van der Waals surface area contributed by atoms with Gasteiger partial charge < -0.3 is 9.47 Å². The quantitative estimate of drug-likeness (QED) is 0.604. The molecule has 6 heteroatoms. The third kappa shape index (κ3) is 4.63. The van der Waals surface area contributed by atoms with Crippen molar-refractivity contribution in [2.24, 2.45) is 0 Å².